The first-order valence-corrected chi connectivity index (χ1v) is 12.0. The van der Waals surface area contributed by atoms with Crippen LogP contribution < -0.4 is 21.1 Å². The fourth-order valence-corrected chi connectivity index (χ4v) is 4.39. The number of rotatable bonds is 4. The number of aromatic nitrogens is 7. The van der Waals surface area contributed by atoms with E-state index in [1.807, 2.05) is 37.4 Å². The number of amides is 1. The summed E-state index contributed by atoms with van der Waals surface area (Å²) in [7, 11) is 1.81. The molecule has 0 bridgehead atoms. The quantitative estimate of drug-likeness (QED) is 0.240. The number of nitrogens with two attached hydrogens (primary N) is 1. The minimum atomic E-state index is -0.449. The molecule has 0 saturated carbocycles. The monoisotopic (exact) mass is 516 g/mol. The second-order valence-electron chi connectivity index (χ2n) is 8.75. The number of nitrogen functional groups attached to an aromatic ring is 1. The number of para-hydroxylation sites is 1. The summed E-state index contributed by atoms with van der Waals surface area (Å²) >= 11 is 0. The summed E-state index contributed by atoms with van der Waals surface area (Å²) in [5.41, 5.74) is 8.72. The lowest BCUT2D eigenvalue weighted by Crippen LogP contribution is -2.31. The number of fused-ring (bicyclic) bond motifs is 2. The molecule has 4 aromatic heterocycles. The zero-order chi connectivity index (χ0) is 26.9. The van der Waals surface area contributed by atoms with Crippen molar-refractivity contribution in [3.63, 3.8) is 0 Å². The minimum Gasteiger partial charge on any atom is -0.382 e. The van der Waals surface area contributed by atoms with E-state index < -0.39 is 5.91 Å². The Labute approximate surface area is 221 Å². The molecule has 0 aliphatic carbocycles. The van der Waals surface area contributed by atoms with Crippen molar-refractivity contribution in [2.24, 2.45) is 7.05 Å². The van der Waals surface area contributed by atoms with Crippen molar-refractivity contribution in [3.05, 3.63) is 112 Å². The van der Waals surface area contributed by atoms with E-state index in [0.29, 0.717) is 33.6 Å². The molecule has 6 aromatic rings. The van der Waals surface area contributed by atoms with E-state index in [1.165, 1.54) is 4.57 Å². The molecule has 6 rings (SSSR count). The van der Waals surface area contributed by atoms with E-state index in [2.05, 4.69) is 32.3 Å². The molecule has 2 aromatic carbocycles. The second-order valence-corrected chi connectivity index (χ2v) is 8.75. The van der Waals surface area contributed by atoms with E-state index in [0.717, 1.165) is 5.56 Å². The largest absolute Gasteiger partial charge is 0.382 e. The molecule has 0 saturated heterocycles. The molecule has 0 unspecified atom stereocenters. The van der Waals surface area contributed by atoms with Crippen LogP contribution in [0.1, 0.15) is 27.3 Å². The van der Waals surface area contributed by atoms with Gasteiger partial charge in [-0.2, -0.15) is 5.10 Å². The predicted molar refractivity (Wildman–Crippen MR) is 144 cm³/mol. The van der Waals surface area contributed by atoms with E-state index >= 15 is 0 Å². The molecule has 39 heavy (non-hydrogen) atoms. The van der Waals surface area contributed by atoms with Gasteiger partial charge in [0.05, 0.1) is 34.9 Å². The Morgan fingerprint density at radius 1 is 1.13 bits per heavy atom. The van der Waals surface area contributed by atoms with E-state index in [-0.39, 0.29) is 23.5 Å². The van der Waals surface area contributed by atoms with Gasteiger partial charge in [-0.15, -0.1) is 4.52 Å². The van der Waals surface area contributed by atoms with Gasteiger partial charge in [0.1, 0.15) is 18.2 Å². The molecule has 190 valence electrons. The van der Waals surface area contributed by atoms with Gasteiger partial charge in [0.2, 0.25) is 0 Å². The number of nitrogens with zero attached hydrogens (tertiary/aromatic N) is 6. The summed E-state index contributed by atoms with van der Waals surface area (Å²) in [4.78, 5) is 36.2. The highest BCUT2D eigenvalue weighted by Gasteiger charge is 2.25. The fraction of sp³-hybridized carbons (Fsp3) is 0.0714. The zero-order valence-electron chi connectivity index (χ0n) is 20.8. The molecule has 1 amide bonds. The topological polar surface area (TPSA) is 141 Å². The van der Waals surface area contributed by atoms with Crippen LogP contribution in [-0.2, 0) is 13.6 Å². The first-order valence-electron chi connectivity index (χ1n) is 12.0. The average molecular weight is 517 g/mol. The number of carbonyl (C=O) groups is 1. The molecule has 11 nitrogen and oxygen atoms in total. The van der Waals surface area contributed by atoms with Crippen LogP contribution in [0.2, 0.25) is 0 Å². The maximum atomic E-state index is 14.0. The third kappa shape index (κ3) is 4.36. The Morgan fingerprint density at radius 3 is 2.77 bits per heavy atom. The summed E-state index contributed by atoms with van der Waals surface area (Å²) in [6.45, 7) is -0.0336. The molecule has 4 N–H and O–H groups in total. The number of H-pyrrole nitrogens is 1. The number of benzene rings is 2. The van der Waals surface area contributed by atoms with Crippen molar-refractivity contribution in [3.8, 4) is 17.5 Å². The lowest BCUT2D eigenvalue weighted by atomic mass is 10.1. The number of aryl methyl sites for hydroxylation is 1. The standard InChI is InChI=1S/C28H21N9O2/c1-35-17-18(15-32-35)11-12-19-7-5-10-21-23(19)28(39)37(20-8-3-2-4-9-20)22(33-21)16-31-27(38)24-25(29)34-36-14-6-13-30-26(24)36/h2-10,13-15,17H,16H2,1H3,(H3,29,31,34,38)/p+1. The van der Waals surface area contributed by atoms with Crippen molar-refractivity contribution >= 4 is 28.3 Å². The summed E-state index contributed by atoms with van der Waals surface area (Å²) in [5, 5.41) is 10.3. The Kier molecular flexibility index (Phi) is 5.82. The van der Waals surface area contributed by atoms with Crippen molar-refractivity contribution in [2.45, 2.75) is 6.54 Å². The van der Waals surface area contributed by atoms with Gasteiger partial charge in [-0.3, -0.25) is 18.8 Å². The Hall–Kier alpha value is -5.76. The SMILES string of the molecule is Cn1cc(C#Cc2cccc3nc(CNC(=O)c4c(N)[nH][n+]5cccnc45)n(-c4ccccc4)c(=O)c23)cn1. The molecule has 0 atom stereocenters. The van der Waals surface area contributed by atoms with Crippen molar-refractivity contribution in [1.82, 2.24) is 34.7 Å². The summed E-state index contributed by atoms with van der Waals surface area (Å²) in [6.07, 6.45) is 6.75. The van der Waals surface area contributed by atoms with Gasteiger partial charge in [0.25, 0.3) is 11.5 Å². The average Bonchev–Trinajstić information content (AvgIpc) is 3.52. The number of carbonyl (C=O) groups excluding carboxylic acids is 1. The number of hydrogen-bond acceptors (Lipinski definition) is 6. The van der Waals surface area contributed by atoms with Crippen LogP contribution in [-0.4, -0.2) is 35.3 Å². The van der Waals surface area contributed by atoms with Crippen LogP contribution in [0.15, 0.2) is 84.2 Å². The Morgan fingerprint density at radius 2 is 1.97 bits per heavy atom. The molecule has 0 aliphatic rings. The van der Waals surface area contributed by atoms with Gasteiger partial charge in [-0.05, 0) is 29.2 Å². The van der Waals surface area contributed by atoms with Crippen LogP contribution >= 0.6 is 0 Å². The maximum Gasteiger partial charge on any atom is 0.362 e. The smallest absolute Gasteiger partial charge is 0.362 e. The van der Waals surface area contributed by atoms with Gasteiger partial charge in [0, 0.05) is 24.9 Å². The summed E-state index contributed by atoms with van der Waals surface area (Å²) in [5.74, 6) is 6.23. The first kappa shape index (κ1) is 23.6. The van der Waals surface area contributed by atoms with Crippen molar-refractivity contribution in [2.75, 3.05) is 5.73 Å². The predicted octanol–water partition coefficient (Wildman–Crippen LogP) is 1.49. The minimum absolute atomic E-state index is 0.0336. The van der Waals surface area contributed by atoms with Crippen LogP contribution in [0.3, 0.4) is 0 Å². The molecule has 4 heterocycles. The summed E-state index contributed by atoms with van der Waals surface area (Å²) < 4.78 is 4.71. The number of anilines is 1. The van der Waals surface area contributed by atoms with E-state index in [9.17, 15) is 9.59 Å². The lowest BCUT2D eigenvalue weighted by Gasteiger charge is -2.14. The van der Waals surface area contributed by atoms with E-state index in [1.54, 1.807) is 58.3 Å². The molecule has 0 radical (unpaired) electrons. The van der Waals surface area contributed by atoms with Gasteiger partial charge < -0.3 is 11.1 Å². The van der Waals surface area contributed by atoms with Crippen LogP contribution in [0.4, 0.5) is 5.82 Å². The van der Waals surface area contributed by atoms with Crippen molar-refractivity contribution < 1.29 is 9.31 Å². The van der Waals surface area contributed by atoms with Gasteiger partial charge in [0.15, 0.2) is 11.4 Å². The third-order valence-corrected chi connectivity index (χ3v) is 6.14. The first-order chi connectivity index (χ1) is 19.0. The van der Waals surface area contributed by atoms with E-state index in [4.69, 9.17) is 10.7 Å². The van der Waals surface area contributed by atoms with Crippen LogP contribution in [0.5, 0.6) is 0 Å². The number of nitrogens with one attached hydrogen (secondary N) is 2. The highest BCUT2D eigenvalue weighted by atomic mass is 16.2. The molecule has 0 spiro atoms. The van der Waals surface area contributed by atoms with Crippen molar-refractivity contribution in [1.29, 1.82) is 0 Å². The molecular weight excluding hydrogens is 494 g/mol. The highest BCUT2D eigenvalue weighted by molar-refractivity contribution is 6.03. The molecule has 0 aliphatic heterocycles. The van der Waals surface area contributed by atoms with Crippen LogP contribution in [0, 0.1) is 11.8 Å². The lowest BCUT2D eigenvalue weighted by molar-refractivity contribution is -0.577. The highest BCUT2D eigenvalue weighted by Crippen LogP contribution is 2.17. The fourth-order valence-electron chi connectivity index (χ4n) is 4.39. The molecule has 11 heteroatoms. The number of aromatic amines is 1. The molecular formula is C28H22N9O2+. The molecule has 0 fully saturated rings. The zero-order valence-corrected chi connectivity index (χ0v) is 20.8. The third-order valence-electron chi connectivity index (χ3n) is 6.14. The maximum absolute atomic E-state index is 14.0. The van der Waals surface area contributed by atoms with Crippen LogP contribution in [0.25, 0.3) is 22.2 Å². The Bertz CT molecular complexity index is 1990. The van der Waals surface area contributed by atoms with Gasteiger partial charge in [-0.1, -0.05) is 36.1 Å². The summed E-state index contributed by atoms with van der Waals surface area (Å²) in [6, 6.07) is 16.2. The Balaban J connectivity index is 1.44. The second kappa shape index (κ2) is 9.60. The number of hydrogen-bond donors (Lipinski definition) is 3. The van der Waals surface area contributed by atoms with Gasteiger partial charge in [-0.25, -0.2) is 10.1 Å². The normalized spacial score (nSPS) is 10.9. The van der Waals surface area contributed by atoms with Gasteiger partial charge >= 0.3 is 5.65 Å².